The van der Waals surface area contributed by atoms with Crippen LogP contribution in [0.25, 0.3) is 22.3 Å². The Morgan fingerprint density at radius 3 is 2.10 bits per heavy atom. The van der Waals surface area contributed by atoms with E-state index in [0.29, 0.717) is 29.0 Å². The van der Waals surface area contributed by atoms with Gasteiger partial charge < -0.3 is 15.4 Å². The van der Waals surface area contributed by atoms with Crippen LogP contribution in [0.5, 0.6) is 11.5 Å². The molecule has 1 saturated carbocycles. The first kappa shape index (κ1) is 36.2. The minimum absolute atomic E-state index is 0.0979. The fourth-order valence-corrected chi connectivity index (χ4v) is 9.45. The molecular formula is C43H44N10O5. The number of piperidine rings is 1. The zero-order chi connectivity index (χ0) is 39.5. The standard InChI is InChI=1S/C43H44N10O5/c44-39-37-38(26-6-13-32(14-7-26)58-31-4-2-1-3-5-31)48-53(40(37)46-25-45-39)28-10-8-27(9-11-28)49-18-20-50(21-19-49)30-23-51(24-30)29-12-15-33-34(22-29)43(57)52(42(33)56)35-16-17-36(54)47-41(35)55/h1-7,12-15,22,25,27-28,30,35H,8-11,16-21,23-24H2,(H2,44,45,46)(H,47,54,55)/t27-,28+,35-/m0/s1. The number of para-hydroxylation sites is 1. The normalized spacial score (nSPS) is 23.3. The minimum Gasteiger partial charge on any atom is -0.457 e. The van der Waals surface area contributed by atoms with Crippen molar-refractivity contribution in [1.29, 1.82) is 0 Å². The van der Waals surface area contributed by atoms with E-state index in [4.69, 9.17) is 15.6 Å². The summed E-state index contributed by atoms with van der Waals surface area (Å²) in [5, 5.41) is 8.16. The lowest BCUT2D eigenvalue weighted by Gasteiger charge is -2.50. The molecule has 0 unspecified atom stereocenters. The highest BCUT2D eigenvalue weighted by molar-refractivity contribution is 6.23. The van der Waals surface area contributed by atoms with Gasteiger partial charge >= 0.3 is 0 Å². The lowest BCUT2D eigenvalue weighted by atomic mass is 9.89. The molecule has 6 heterocycles. The van der Waals surface area contributed by atoms with Gasteiger partial charge in [-0.2, -0.15) is 5.10 Å². The third kappa shape index (κ3) is 6.43. The summed E-state index contributed by atoms with van der Waals surface area (Å²) in [6.07, 6.45) is 5.96. The molecule has 15 nitrogen and oxygen atoms in total. The monoisotopic (exact) mass is 780 g/mol. The number of nitrogen functional groups attached to an aromatic ring is 1. The van der Waals surface area contributed by atoms with Crippen molar-refractivity contribution in [1.82, 2.24) is 39.8 Å². The molecule has 5 aliphatic rings. The first-order valence-corrected chi connectivity index (χ1v) is 20.2. The number of hydrogen-bond donors (Lipinski definition) is 2. The molecule has 1 aliphatic carbocycles. The molecule has 1 atom stereocenters. The van der Waals surface area contributed by atoms with Crippen LogP contribution < -0.4 is 20.7 Å². The summed E-state index contributed by atoms with van der Waals surface area (Å²) in [4.78, 5) is 68.0. The lowest BCUT2D eigenvalue weighted by Crippen LogP contribution is -2.64. The maximum Gasteiger partial charge on any atom is 0.262 e. The Morgan fingerprint density at radius 2 is 1.38 bits per heavy atom. The number of nitrogens with zero attached hydrogens (tertiary/aromatic N) is 8. The Hall–Kier alpha value is -6.19. The van der Waals surface area contributed by atoms with Crippen molar-refractivity contribution in [2.24, 2.45) is 0 Å². The third-order valence-corrected chi connectivity index (χ3v) is 12.7. The fourth-order valence-electron chi connectivity index (χ4n) is 9.45. The second-order valence-electron chi connectivity index (χ2n) is 16.0. The van der Waals surface area contributed by atoms with Crippen molar-refractivity contribution in [3.63, 3.8) is 0 Å². The highest BCUT2D eigenvalue weighted by atomic mass is 16.5. The van der Waals surface area contributed by atoms with Crippen molar-refractivity contribution < 1.29 is 23.9 Å². The Balaban J connectivity index is 0.731. The number of hydrogen-bond acceptors (Lipinski definition) is 12. The SMILES string of the molecule is Nc1ncnc2c1c(-c1ccc(Oc3ccccc3)cc1)nn2[C@H]1CC[C@@H](N2CCN(C3CN(c4ccc5c(c4)C(=O)N([C@H]4CCC(=O)NC4=O)C5=O)C3)CC2)CC1. The number of fused-ring (bicyclic) bond motifs is 2. The topological polar surface area (TPSA) is 172 Å². The second-order valence-corrected chi connectivity index (χ2v) is 16.0. The van der Waals surface area contributed by atoms with Crippen LogP contribution in [-0.2, 0) is 9.59 Å². The number of amides is 4. The fraction of sp³-hybridized carbons (Fsp3) is 0.372. The van der Waals surface area contributed by atoms with Gasteiger partial charge in [0.05, 0.1) is 22.6 Å². The average Bonchev–Trinajstić information content (AvgIpc) is 3.74. The number of imide groups is 2. The number of aromatic nitrogens is 4. The Bertz CT molecular complexity index is 2420. The zero-order valence-corrected chi connectivity index (χ0v) is 32.0. The summed E-state index contributed by atoms with van der Waals surface area (Å²) < 4.78 is 8.09. The van der Waals surface area contributed by atoms with Crippen molar-refractivity contribution in [2.45, 2.75) is 62.7 Å². The van der Waals surface area contributed by atoms with E-state index in [9.17, 15) is 19.2 Å². The van der Waals surface area contributed by atoms with E-state index < -0.39 is 23.8 Å². The maximum atomic E-state index is 13.3. The molecular weight excluding hydrogens is 737 g/mol. The molecule has 15 heteroatoms. The minimum atomic E-state index is -0.966. The first-order chi connectivity index (χ1) is 28.3. The zero-order valence-electron chi connectivity index (χ0n) is 32.0. The van der Waals surface area contributed by atoms with E-state index in [2.05, 4.69) is 34.7 Å². The number of benzene rings is 3. The van der Waals surface area contributed by atoms with Gasteiger partial charge in [-0.05, 0) is 86.7 Å². The molecule has 0 bridgehead atoms. The smallest absolute Gasteiger partial charge is 0.262 e. The molecule has 3 aromatic carbocycles. The summed E-state index contributed by atoms with van der Waals surface area (Å²) in [7, 11) is 0. The van der Waals surface area contributed by atoms with Crippen molar-refractivity contribution in [2.75, 3.05) is 49.9 Å². The number of nitrogens with two attached hydrogens (primary N) is 1. The van der Waals surface area contributed by atoms with E-state index >= 15 is 0 Å². The highest BCUT2D eigenvalue weighted by Gasteiger charge is 2.45. The van der Waals surface area contributed by atoms with Crippen LogP contribution in [0.2, 0.25) is 0 Å². The van der Waals surface area contributed by atoms with Crippen LogP contribution in [0.15, 0.2) is 79.1 Å². The van der Waals surface area contributed by atoms with E-state index in [1.54, 1.807) is 12.1 Å². The first-order valence-electron chi connectivity index (χ1n) is 20.2. The van der Waals surface area contributed by atoms with Gasteiger partial charge in [0.25, 0.3) is 11.8 Å². The van der Waals surface area contributed by atoms with Crippen LogP contribution in [0.3, 0.4) is 0 Å². The second kappa shape index (κ2) is 14.6. The summed E-state index contributed by atoms with van der Waals surface area (Å²) in [6, 6.07) is 23.2. The predicted octanol–water partition coefficient (Wildman–Crippen LogP) is 4.26. The molecule has 4 aliphatic heterocycles. The molecule has 296 valence electrons. The van der Waals surface area contributed by atoms with Crippen LogP contribution in [0.1, 0.15) is 65.3 Å². The molecule has 58 heavy (non-hydrogen) atoms. The molecule has 0 radical (unpaired) electrons. The van der Waals surface area contributed by atoms with Crippen molar-refractivity contribution in [3.8, 4) is 22.8 Å². The van der Waals surface area contributed by atoms with Crippen molar-refractivity contribution in [3.05, 3.63) is 90.3 Å². The molecule has 5 aromatic rings. The predicted molar refractivity (Wildman–Crippen MR) is 215 cm³/mol. The number of ether oxygens (including phenoxy) is 1. The number of piperazine rings is 1. The van der Waals surface area contributed by atoms with Crippen molar-refractivity contribution >= 4 is 46.2 Å². The molecule has 3 saturated heterocycles. The van der Waals surface area contributed by atoms with E-state index in [1.165, 1.54) is 6.33 Å². The number of anilines is 2. The van der Waals surface area contributed by atoms with Gasteiger partial charge in [0.1, 0.15) is 35.4 Å². The number of nitrogens with one attached hydrogen (secondary N) is 1. The Labute approximate surface area is 334 Å². The van der Waals surface area contributed by atoms with Gasteiger partial charge in [-0.25, -0.2) is 14.6 Å². The summed E-state index contributed by atoms with van der Waals surface area (Å²) in [5.74, 6) is 0.00636. The molecule has 4 fully saturated rings. The number of carbonyl (C=O) groups is 4. The Kier molecular flexibility index (Phi) is 9.13. The average molecular weight is 781 g/mol. The van der Waals surface area contributed by atoms with E-state index in [0.717, 1.165) is 109 Å². The largest absolute Gasteiger partial charge is 0.457 e. The summed E-state index contributed by atoms with van der Waals surface area (Å²) >= 11 is 0. The molecule has 10 rings (SSSR count). The quantitative estimate of drug-likeness (QED) is 0.215. The maximum absolute atomic E-state index is 13.3. The van der Waals surface area contributed by atoms with E-state index in [-0.39, 0.29) is 24.8 Å². The lowest BCUT2D eigenvalue weighted by molar-refractivity contribution is -0.136. The van der Waals surface area contributed by atoms with Gasteiger partial charge in [-0.3, -0.25) is 39.2 Å². The molecule has 0 spiro atoms. The van der Waals surface area contributed by atoms with Crippen LogP contribution in [0.4, 0.5) is 11.5 Å². The van der Waals surface area contributed by atoms with Crippen LogP contribution in [-0.4, -0.2) is 115 Å². The van der Waals surface area contributed by atoms with Gasteiger partial charge in [-0.1, -0.05) is 18.2 Å². The highest BCUT2D eigenvalue weighted by Crippen LogP contribution is 2.38. The summed E-state index contributed by atoms with van der Waals surface area (Å²) in [5.41, 5.74) is 10.5. The molecule has 2 aromatic heterocycles. The third-order valence-electron chi connectivity index (χ3n) is 12.7. The van der Waals surface area contributed by atoms with Crippen LogP contribution >= 0.6 is 0 Å². The van der Waals surface area contributed by atoms with Gasteiger partial charge in [-0.15, -0.1) is 0 Å². The number of rotatable bonds is 8. The number of carbonyl (C=O) groups excluding carboxylic acids is 4. The van der Waals surface area contributed by atoms with Gasteiger partial charge in [0.2, 0.25) is 11.8 Å². The van der Waals surface area contributed by atoms with E-state index in [1.807, 2.05) is 60.7 Å². The molecule has 4 amide bonds. The van der Waals surface area contributed by atoms with Crippen LogP contribution in [0, 0.1) is 0 Å². The molecule has 3 N–H and O–H groups in total. The van der Waals surface area contributed by atoms with Gasteiger partial charge in [0.15, 0.2) is 5.65 Å². The van der Waals surface area contributed by atoms with Gasteiger partial charge in [0, 0.05) is 69.0 Å². The summed E-state index contributed by atoms with van der Waals surface area (Å²) in [6.45, 7) is 5.77. The Morgan fingerprint density at radius 1 is 0.707 bits per heavy atom.